The van der Waals surface area contributed by atoms with Gasteiger partial charge in [0, 0.05) is 42.4 Å². The van der Waals surface area contributed by atoms with Crippen molar-refractivity contribution in [3.8, 4) is 28.5 Å². The second-order valence-corrected chi connectivity index (χ2v) is 5.42. The van der Waals surface area contributed by atoms with Gasteiger partial charge < -0.3 is 19.1 Å². The van der Waals surface area contributed by atoms with Crippen molar-refractivity contribution in [1.82, 2.24) is 15.1 Å². The molecule has 1 aromatic heterocycles. The van der Waals surface area contributed by atoms with Gasteiger partial charge in [-0.1, -0.05) is 0 Å². The summed E-state index contributed by atoms with van der Waals surface area (Å²) in [5.41, 5.74) is 4.25. The molecule has 1 aromatic carbocycles. The number of aromatic amines is 1. The van der Waals surface area contributed by atoms with Crippen LogP contribution in [0.2, 0.25) is 0 Å². The Morgan fingerprint density at radius 2 is 1.73 bits per heavy atom. The van der Waals surface area contributed by atoms with E-state index in [9.17, 15) is 0 Å². The number of hydrogen-bond donors (Lipinski definition) is 1. The summed E-state index contributed by atoms with van der Waals surface area (Å²) in [6, 6.07) is 3.75. The van der Waals surface area contributed by atoms with Crippen LogP contribution in [0.4, 0.5) is 0 Å². The van der Waals surface area contributed by atoms with Gasteiger partial charge in [-0.2, -0.15) is 5.10 Å². The maximum Gasteiger partial charge on any atom is 0.164 e. The molecule has 2 aromatic rings. The van der Waals surface area contributed by atoms with Gasteiger partial charge in [0.15, 0.2) is 11.5 Å². The molecule has 0 spiro atoms. The van der Waals surface area contributed by atoms with Gasteiger partial charge in [-0.15, -0.1) is 0 Å². The lowest BCUT2D eigenvalue weighted by atomic mass is 10.0. The maximum atomic E-state index is 5.53. The van der Waals surface area contributed by atoms with E-state index in [4.69, 9.17) is 14.2 Å². The second kappa shape index (κ2) is 5.88. The molecule has 0 saturated heterocycles. The SMILES string of the molecule is COc1cc(OC)c(-c2n[nH]c3c2CN(C)CC3)cc1OC. The zero-order valence-electron chi connectivity index (χ0n) is 13.4. The molecule has 0 aliphatic carbocycles. The number of H-pyrrole nitrogens is 1. The highest BCUT2D eigenvalue weighted by molar-refractivity contribution is 5.74. The molecular formula is C16H21N3O3. The summed E-state index contributed by atoms with van der Waals surface area (Å²) in [4.78, 5) is 2.29. The largest absolute Gasteiger partial charge is 0.496 e. The number of aromatic nitrogens is 2. The third-order valence-electron chi connectivity index (χ3n) is 4.09. The van der Waals surface area contributed by atoms with Crippen LogP contribution in [0.3, 0.4) is 0 Å². The van der Waals surface area contributed by atoms with E-state index in [1.807, 2.05) is 12.1 Å². The standard InChI is InChI=1S/C16H21N3O3/c1-19-6-5-12-11(9-19)16(18-17-12)10-7-14(21-3)15(22-4)8-13(10)20-2/h7-8H,5-6,9H2,1-4H3,(H,17,18). The lowest BCUT2D eigenvalue weighted by molar-refractivity contribution is 0.312. The third kappa shape index (κ3) is 2.39. The Morgan fingerprint density at radius 3 is 2.41 bits per heavy atom. The van der Waals surface area contributed by atoms with Crippen LogP contribution in [0.25, 0.3) is 11.3 Å². The van der Waals surface area contributed by atoms with Crippen molar-refractivity contribution in [3.63, 3.8) is 0 Å². The summed E-state index contributed by atoms with van der Waals surface area (Å²) in [6.45, 7) is 1.91. The highest BCUT2D eigenvalue weighted by Crippen LogP contribution is 2.41. The first-order valence-electron chi connectivity index (χ1n) is 7.23. The van der Waals surface area contributed by atoms with E-state index < -0.39 is 0 Å². The van der Waals surface area contributed by atoms with Crippen LogP contribution >= 0.6 is 0 Å². The summed E-state index contributed by atoms with van der Waals surface area (Å²) in [7, 11) is 7.01. The Kier molecular flexibility index (Phi) is 3.94. The topological polar surface area (TPSA) is 59.6 Å². The van der Waals surface area contributed by atoms with E-state index >= 15 is 0 Å². The molecule has 22 heavy (non-hydrogen) atoms. The third-order valence-corrected chi connectivity index (χ3v) is 4.09. The van der Waals surface area contributed by atoms with Crippen molar-refractivity contribution in [3.05, 3.63) is 23.4 Å². The molecule has 0 saturated carbocycles. The Balaban J connectivity index is 2.14. The van der Waals surface area contributed by atoms with Gasteiger partial charge in [-0.3, -0.25) is 5.10 Å². The Hall–Kier alpha value is -2.21. The molecule has 0 atom stereocenters. The predicted molar refractivity (Wildman–Crippen MR) is 83.7 cm³/mol. The zero-order valence-corrected chi connectivity index (χ0v) is 13.4. The highest BCUT2D eigenvalue weighted by atomic mass is 16.5. The van der Waals surface area contributed by atoms with Crippen LogP contribution < -0.4 is 14.2 Å². The summed E-state index contributed by atoms with van der Waals surface area (Å²) >= 11 is 0. The molecule has 6 nitrogen and oxygen atoms in total. The molecule has 1 N–H and O–H groups in total. The predicted octanol–water partition coefficient (Wildman–Crippen LogP) is 2.09. The summed E-state index contributed by atoms with van der Waals surface area (Å²) in [5, 5.41) is 7.67. The van der Waals surface area contributed by atoms with Crippen LogP contribution in [-0.4, -0.2) is 50.0 Å². The van der Waals surface area contributed by atoms with Crippen LogP contribution in [0.5, 0.6) is 17.2 Å². The van der Waals surface area contributed by atoms with E-state index in [2.05, 4.69) is 22.1 Å². The molecule has 0 unspecified atom stereocenters. The normalized spacial score (nSPS) is 14.5. The Labute approximate surface area is 130 Å². The first-order chi connectivity index (χ1) is 10.7. The van der Waals surface area contributed by atoms with Crippen molar-refractivity contribution in [2.24, 2.45) is 0 Å². The van der Waals surface area contributed by atoms with Gasteiger partial charge in [0.05, 0.1) is 21.3 Å². The minimum Gasteiger partial charge on any atom is -0.496 e. The van der Waals surface area contributed by atoms with Crippen LogP contribution in [0, 0.1) is 0 Å². The molecule has 0 bridgehead atoms. The lowest BCUT2D eigenvalue weighted by Crippen LogP contribution is -2.26. The molecule has 0 radical (unpaired) electrons. The number of ether oxygens (including phenoxy) is 3. The quantitative estimate of drug-likeness (QED) is 0.937. The molecule has 1 aliphatic heterocycles. The first kappa shape index (κ1) is 14.7. The van der Waals surface area contributed by atoms with Crippen molar-refractivity contribution in [1.29, 1.82) is 0 Å². The number of benzene rings is 1. The van der Waals surface area contributed by atoms with E-state index in [0.717, 1.165) is 36.5 Å². The zero-order chi connectivity index (χ0) is 15.7. The molecule has 0 amide bonds. The van der Waals surface area contributed by atoms with Gasteiger partial charge in [-0.25, -0.2) is 0 Å². The van der Waals surface area contributed by atoms with Crippen LogP contribution in [0.1, 0.15) is 11.3 Å². The summed E-state index contributed by atoms with van der Waals surface area (Å²) in [5.74, 6) is 2.03. The number of rotatable bonds is 4. The van der Waals surface area contributed by atoms with Gasteiger partial charge >= 0.3 is 0 Å². The fourth-order valence-corrected chi connectivity index (χ4v) is 2.87. The van der Waals surface area contributed by atoms with E-state index in [0.29, 0.717) is 11.5 Å². The average Bonchev–Trinajstić information content (AvgIpc) is 2.96. The number of nitrogens with zero attached hydrogens (tertiary/aromatic N) is 2. The number of methoxy groups -OCH3 is 3. The van der Waals surface area contributed by atoms with Crippen LogP contribution in [-0.2, 0) is 13.0 Å². The minimum absolute atomic E-state index is 0.643. The van der Waals surface area contributed by atoms with E-state index in [1.54, 1.807) is 21.3 Å². The Bertz CT molecular complexity index is 682. The number of likely N-dealkylation sites (N-methyl/N-ethyl adjacent to an activating group) is 1. The fraction of sp³-hybridized carbons (Fsp3) is 0.438. The smallest absolute Gasteiger partial charge is 0.164 e. The minimum atomic E-state index is 0.643. The highest BCUT2D eigenvalue weighted by Gasteiger charge is 2.24. The Morgan fingerprint density at radius 1 is 1.05 bits per heavy atom. The molecule has 118 valence electrons. The van der Waals surface area contributed by atoms with Crippen molar-refractivity contribution >= 4 is 0 Å². The lowest BCUT2D eigenvalue weighted by Gasteiger charge is -2.22. The number of hydrogen-bond acceptors (Lipinski definition) is 5. The molecule has 2 heterocycles. The monoisotopic (exact) mass is 303 g/mol. The molecule has 1 aliphatic rings. The first-order valence-corrected chi connectivity index (χ1v) is 7.23. The van der Waals surface area contributed by atoms with E-state index in [-0.39, 0.29) is 0 Å². The average molecular weight is 303 g/mol. The van der Waals surface area contributed by atoms with E-state index in [1.165, 1.54) is 11.3 Å². The van der Waals surface area contributed by atoms with Gasteiger partial charge in [0.25, 0.3) is 0 Å². The molecule has 6 heteroatoms. The van der Waals surface area contributed by atoms with Gasteiger partial charge in [-0.05, 0) is 13.1 Å². The van der Waals surface area contributed by atoms with Gasteiger partial charge in [0.2, 0.25) is 0 Å². The van der Waals surface area contributed by atoms with Crippen molar-refractivity contribution in [2.75, 3.05) is 34.9 Å². The molecule has 0 fully saturated rings. The maximum absolute atomic E-state index is 5.53. The summed E-state index contributed by atoms with van der Waals surface area (Å²) in [6.07, 6.45) is 0.981. The van der Waals surface area contributed by atoms with Crippen molar-refractivity contribution in [2.45, 2.75) is 13.0 Å². The van der Waals surface area contributed by atoms with Crippen molar-refractivity contribution < 1.29 is 14.2 Å². The van der Waals surface area contributed by atoms with Gasteiger partial charge in [0.1, 0.15) is 11.4 Å². The second-order valence-electron chi connectivity index (χ2n) is 5.42. The summed E-state index contributed by atoms with van der Waals surface area (Å²) < 4.78 is 16.3. The van der Waals surface area contributed by atoms with Crippen LogP contribution in [0.15, 0.2) is 12.1 Å². The fourth-order valence-electron chi connectivity index (χ4n) is 2.87. The molecular weight excluding hydrogens is 282 g/mol. The number of nitrogens with one attached hydrogen (secondary N) is 1. The number of fused-ring (bicyclic) bond motifs is 1. The molecule has 3 rings (SSSR count).